The van der Waals surface area contributed by atoms with E-state index in [0.717, 1.165) is 30.6 Å². The number of rotatable bonds is 4. The van der Waals surface area contributed by atoms with Crippen LogP contribution in [0.4, 0.5) is 5.82 Å². The van der Waals surface area contributed by atoms with Crippen molar-refractivity contribution in [3.05, 3.63) is 17.0 Å². The average Bonchev–Trinajstić information content (AvgIpc) is 3.22. The number of hydrogen-bond donors (Lipinski definition) is 0. The standard InChI is InChI=1S/C15H23ClN4/c1-19(2)10-11-5-7-20(8-6-11)14-9-13(16)17-15(18-14)12-3-4-12/h9,11-12H,3-8,10H2,1-2H3. The fraction of sp³-hybridized carbons (Fsp3) is 0.733. The number of hydrogen-bond acceptors (Lipinski definition) is 4. The van der Waals surface area contributed by atoms with Crippen LogP contribution >= 0.6 is 11.6 Å². The Morgan fingerprint density at radius 2 is 1.90 bits per heavy atom. The zero-order valence-electron chi connectivity index (χ0n) is 12.3. The molecule has 0 unspecified atom stereocenters. The van der Waals surface area contributed by atoms with Gasteiger partial charge in [-0.25, -0.2) is 9.97 Å². The van der Waals surface area contributed by atoms with Gasteiger partial charge in [0.1, 0.15) is 16.8 Å². The lowest BCUT2D eigenvalue weighted by Gasteiger charge is -2.34. The summed E-state index contributed by atoms with van der Waals surface area (Å²) in [5, 5.41) is 0.590. The Kier molecular flexibility index (Phi) is 4.13. The van der Waals surface area contributed by atoms with E-state index in [0.29, 0.717) is 11.1 Å². The lowest BCUT2D eigenvalue weighted by atomic mass is 9.96. The third kappa shape index (κ3) is 3.41. The van der Waals surface area contributed by atoms with Gasteiger partial charge in [0, 0.05) is 31.6 Å². The topological polar surface area (TPSA) is 32.3 Å². The number of aromatic nitrogens is 2. The molecule has 1 aliphatic carbocycles. The Hall–Kier alpha value is -0.870. The first-order chi connectivity index (χ1) is 9.61. The van der Waals surface area contributed by atoms with E-state index in [2.05, 4.69) is 28.9 Å². The molecule has 1 aliphatic heterocycles. The van der Waals surface area contributed by atoms with Crippen molar-refractivity contribution in [2.75, 3.05) is 38.6 Å². The van der Waals surface area contributed by atoms with Crippen LogP contribution in [0.1, 0.15) is 37.4 Å². The summed E-state index contributed by atoms with van der Waals surface area (Å²) in [4.78, 5) is 13.7. The van der Waals surface area contributed by atoms with Crippen molar-refractivity contribution in [3.63, 3.8) is 0 Å². The molecule has 0 aromatic carbocycles. The monoisotopic (exact) mass is 294 g/mol. The summed E-state index contributed by atoms with van der Waals surface area (Å²) in [6.45, 7) is 3.34. The summed E-state index contributed by atoms with van der Waals surface area (Å²) in [5.41, 5.74) is 0. The molecule has 1 saturated heterocycles. The smallest absolute Gasteiger partial charge is 0.135 e. The maximum absolute atomic E-state index is 6.15. The predicted octanol–water partition coefficient (Wildman–Crippen LogP) is 2.79. The van der Waals surface area contributed by atoms with E-state index < -0.39 is 0 Å². The Morgan fingerprint density at radius 3 is 2.50 bits per heavy atom. The molecular formula is C15H23ClN4. The first-order valence-electron chi connectivity index (χ1n) is 7.56. The van der Waals surface area contributed by atoms with Crippen molar-refractivity contribution in [1.29, 1.82) is 0 Å². The molecule has 3 rings (SSSR count). The first kappa shape index (κ1) is 14.1. The van der Waals surface area contributed by atoms with Gasteiger partial charge >= 0.3 is 0 Å². The van der Waals surface area contributed by atoms with Gasteiger partial charge in [-0.1, -0.05) is 11.6 Å². The maximum atomic E-state index is 6.15. The van der Waals surface area contributed by atoms with E-state index in [1.807, 2.05) is 6.07 Å². The molecule has 4 nitrogen and oxygen atoms in total. The highest BCUT2D eigenvalue weighted by Gasteiger charge is 2.28. The van der Waals surface area contributed by atoms with Crippen LogP contribution in [0.2, 0.25) is 5.15 Å². The minimum absolute atomic E-state index is 0.554. The molecule has 20 heavy (non-hydrogen) atoms. The zero-order chi connectivity index (χ0) is 14.1. The van der Waals surface area contributed by atoms with Crippen molar-refractivity contribution in [2.24, 2.45) is 5.92 Å². The van der Waals surface area contributed by atoms with E-state index in [9.17, 15) is 0 Å². The Balaban J connectivity index is 1.65. The molecular weight excluding hydrogens is 272 g/mol. The van der Waals surface area contributed by atoms with Crippen LogP contribution < -0.4 is 4.90 Å². The Labute approximate surface area is 126 Å². The summed E-state index contributed by atoms with van der Waals surface area (Å²) < 4.78 is 0. The van der Waals surface area contributed by atoms with Crippen molar-refractivity contribution in [2.45, 2.75) is 31.6 Å². The van der Waals surface area contributed by atoms with Crippen molar-refractivity contribution < 1.29 is 0 Å². The van der Waals surface area contributed by atoms with Gasteiger partial charge in [0.25, 0.3) is 0 Å². The molecule has 0 N–H and O–H groups in total. The number of nitrogens with zero attached hydrogens (tertiary/aromatic N) is 4. The molecule has 1 saturated carbocycles. The molecule has 2 aliphatic rings. The normalized spacial score (nSPS) is 20.7. The Bertz CT molecular complexity index is 465. The lowest BCUT2D eigenvalue weighted by molar-refractivity contribution is 0.284. The van der Waals surface area contributed by atoms with Gasteiger partial charge in [-0.05, 0) is 45.7 Å². The molecule has 2 fully saturated rings. The predicted molar refractivity (Wildman–Crippen MR) is 82.5 cm³/mol. The van der Waals surface area contributed by atoms with Crippen LogP contribution in [-0.4, -0.2) is 48.6 Å². The van der Waals surface area contributed by atoms with Gasteiger partial charge in [-0.2, -0.15) is 0 Å². The minimum atomic E-state index is 0.554. The van der Waals surface area contributed by atoms with E-state index in [-0.39, 0.29) is 0 Å². The van der Waals surface area contributed by atoms with Crippen LogP contribution in [0, 0.1) is 5.92 Å². The quantitative estimate of drug-likeness (QED) is 0.799. The Morgan fingerprint density at radius 1 is 1.20 bits per heavy atom. The van der Waals surface area contributed by atoms with E-state index in [4.69, 9.17) is 16.6 Å². The van der Waals surface area contributed by atoms with E-state index in [1.54, 1.807) is 0 Å². The lowest BCUT2D eigenvalue weighted by Crippen LogP contribution is -2.37. The summed E-state index contributed by atoms with van der Waals surface area (Å²) in [6, 6.07) is 1.92. The highest BCUT2D eigenvalue weighted by atomic mass is 35.5. The van der Waals surface area contributed by atoms with Crippen molar-refractivity contribution >= 4 is 17.4 Å². The highest BCUT2D eigenvalue weighted by Crippen LogP contribution is 2.39. The van der Waals surface area contributed by atoms with E-state index >= 15 is 0 Å². The highest BCUT2D eigenvalue weighted by molar-refractivity contribution is 6.29. The van der Waals surface area contributed by atoms with Crippen LogP contribution in [0.3, 0.4) is 0 Å². The van der Waals surface area contributed by atoms with Crippen LogP contribution in [0.15, 0.2) is 6.07 Å². The SMILES string of the molecule is CN(C)CC1CCN(c2cc(Cl)nc(C3CC3)n2)CC1. The zero-order valence-corrected chi connectivity index (χ0v) is 13.1. The molecule has 0 bridgehead atoms. The second kappa shape index (κ2) is 5.86. The summed E-state index contributed by atoms with van der Waals surface area (Å²) in [5.74, 6) is 3.33. The summed E-state index contributed by atoms with van der Waals surface area (Å²) >= 11 is 6.15. The maximum Gasteiger partial charge on any atom is 0.135 e. The van der Waals surface area contributed by atoms with E-state index in [1.165, 1.54) is 32.2 Å². The number of anilines is 1. The molecule has 0 spiro atoms. The third-order valence-electron chi connectivity index (χ3n) is 4.20. The van der Waals surface area contributed by atoms with Crippen LogP contribution in [-0.2, 0) is 0 Å². The molecule has 1 aromatic rings. The number of piperidine rings is 1. The van der Waals surface area contributed by atoms with Crippen molar-refractivity contribution in [3.8, 4) is 0 Å². The molecule has 1 aromatic heterocycles. The van der Waals surface area contributed by atoms with Gasteiger partial charge in [0.05, 0.1) is 0 Å². The largest absolute Gasteiger partial charge is 0.356 e. The summed E-state index contributed by atoms with van der Waals surface area (Å²) in [6.07, 6.45) is 4.90. The van der Waals surface area contributed by atoms with Gasteiger partial charge in [0.2, 0.25) is 0 Å². The van der Waals surface area contributed by atoms with Crippen LogP contribution in [0.5, 0.6) is 0 Å². The van der Waals surface area contributed by atoms with Gasteiger partial charge < -0.3 is 9.80 Å². The molecule has 0 radical (unpaired) electrons. The first-order valence-corrected chi connectivity index (χ1v) is 7.94. The molecule has 110 valence electrons. The molecule has 0 atom stereocenters. The van der Waals surface area contributed by atoms with Gasteiger partial charge in [0.15, 0.2) is 0 Å². The second-order valence-corrected chi connectivity index (χ2v) is 6.76. The third-order valence-corrected chi connectivity index (χ3v) is 4.40. The fourth-order valence-electron chi connectivity index (χ4n) is 2.97. The average molecular weight is 295 g/mol. The number of halogens is 1. The van der Waals surface area contributed by atoms with Crippen LogP contribution in [0.25, 0.3) is 0 Å². The van der Waals surface area contributed by atoms with Gasteiger partial charge in [-0.15, -0.1) is 0 Å². The molecule has 5 heteroatoms. The summed E-state index contributed by atoms with van der Waals surface area (Å²) in [7, 11) is 4.30. The fourth-order valence-corrected chi connectivity index (χ4v) is 3.15. The minimum Gasteiger partial charge on any atom is -0.356 e. The molecule has 0 amide bonds. The van der Waals surface area contributed by atoms with Gasteiger partial charge in [-0.3, -0.25) is 0 Å². The second-order valence-electron chi connectivity index (χ2n) is 6.37. The van der Waals surface area contributed by atoms with Crippen molar-refractivity contribution in [1.82, 2.24) is 14.9 Å². The molecule has 2 heterocycles.